The van der Waals surface area contributed by atoms with Gasteiger partial charge in [0.2, 0.25) is 5.91 Å². The summed E-state index contributed by atoms with van der Waals surface area (Å²) in [6, 6.07) is -0.206. The molecule has 0 bridgehead atoms. The Morgan fingerprint density at radius 2 is 1.88 bits per heavy atom. The second-order valence-corrected chi connectivity index (χ2v) is 4.99. The van der Waals surface area contributed by atoms with Crippen LogP contribution in [-0.2, 0) is 9.59 Å². The Balaban J connectivity index is 2.57. The zero-order valence-electron chi connectivity index (χ0n) is 10.6. The zero-order chi connectivity index (χ0) is 12.8. The van der Waals surface area contributed by atoms with Gasteiger partial charge in [-0.2, -0.15) is 0 Å². The van der Waals surface area contributed by atoms with E-state index in [1.54, 1.807) is 4.90 Å². The van der Waals surface area contributed by atoms with Crippen molar-refractivity contribution in [2.24, 2.45) is 5.92 Å². The Morgan fingerprint density at radius 3 is 2.47 bits per heavy atom. The number of nitrogens with zero attached hydrogens (tertiary/aromatic N) is 1. The second kappa shape index (κ2) is 6.59. The van der Waals surface area contributed by atoms with Crippen molar-refractivity contribution in [1.82, 2.24) is 10.2 Å². The molecular formula is C12H22N2O3. The van der Waals surface area contributed by atoms with Gasteiger partial charge in [-0.05, 0) is 26.9 Å². The fraction of sp³-hybridized carbons (Fsp3) is 0.833. The van der Waals surface area contributed by atoms with Crippen molar-refractivity contribution in [3.8, 4) is 0 Å². The number of likely N-dealkylation sites (N-methyl/N-ethyl adjacent to an activating group) is 1. The Labute approximate surface area is 102 Å². The lowest BCUT2D eigenvalue weighted by atomic mass is 9.95. The number of carboxylic acids is 1. The molecule has 5 nitrogen and oxygen atoms in total. The molecule has 1 fully saturated rings. The smallest absolute Gasteiger partial charge is 0.308 e. The molecule has 0 heterocycles. The van der Waals surface area contributed by atoms with Crippen LogP contribution in [0.15, 0.2) is 0 Å². The maximum atomic E-state index is 11.7. The molecule has 0 radical (unpaired) electrons. The van der Waals surface area contributed by atoms with Crippen LogP contribution >= 0.6 is 0 Å². The van der Waals surface area contributed by atoms with Crippen LogP contribution in [0.5, 0.6) is 0 Å². The molecule has 0 aromatic carbocycles. The van der Waals surface area contributed by atoms with Gasteiger partial charge in [0.15, 0.2) is 0 Å². The lowest BCUT2D eigenvalue weighted by molar-refractivity contribution is -0.143. The number of hydrogen-bond donors (Lipinski definition) is 2. The summed E-state index contributed by atoms with van der Waals surface area (Å²) in [7, 11) is 3.64. The van der Waals surface area contributed by atoms with Crippen LogP contribution in [0.3, 0.4) is 0 Å². The first-order valence-corrected chi connectivity index (χ1v) is 6.17. The molecule has 2 unspecified atom stereocenters. The van der Waals surface area contributed by atoms with E-state index in [-0.39, 0.29) is 11.9 Å². The van der Waals surface area contributed by atoms with E-state index in [9.17, 15) is 9.59 Å². The third-order valence-electron chi connectivity index (χ3n) is 3.14. The van der Waals surface area contributed by atoms with Crippen molar-refractivity contribution in [3.63, 3.8) is 0 Å². The number of carbonyl (C=O) groups excluding carboxylic acids is 1. The average molecular weight is 242 g/mol. The SMILES string of the molecule is CN(C)CC(=O)NC1CCCCCC1C(=O)O. The molecule has 0 saturated heterocycles. The van der Waals surface area contributed by atoms with Crippen molar-refractivity contribution in [2.45, 2.75) is 38.1 Å². The maximum absolute atomic E-state index is 11.7. The Hall–Kier alpha value is -1.10. The standard InChI is InChI=1S/C12H22N2O3/c1-14(2)8-11(15)13-10-7-5-3-4-6-9(10)12(16)17/h9-10H,3-8H2,1-2H3,(H,13,15)(H,16,17). The summed E-state index contributed by atoms with van der Waals surface area (Å²) >= 11 is 0. The Morgan fingerprint density at radius 1 is 1.24 bits per heavy atom. The zero-order valence-corrected chi connectivity index (χ0v) is 10.6. The third-order valence-corrected chi connectivity index (χ3v) is 3.14. The number of carboxylic acid groups (broad SMARTS) is 1. The van der Waals surface area contributed by atoms with Gasteiger partial charge in [-0.25, -0.2) is 0 Å². The van der Waals surface area contributed by atoms with Crippen LogP contribution in [0, 0.1) is 5.92 Å². The van der Waals surface area contributed by atoms with E-state index < -0.39 is 11.9 Å². The highest BCUT2D eigenvalue weighted by Crippen LogP contribution is 2.23. The summed E-state index contributed by atoms with van der Waals surface area (Å²) in [5, 5.41) is 12.0. The Kier molecular flexibility index (Phi) is 5.41. The molecule has 1 amide bonds. The first kappa shape index (κ1) is 14.0. The minimum atomic E-state index is -0.790. The summed E-state index contributed by atoms with van der Waals surface area (Å²) in [5.41, 5.74) is 0. The molecular weight excluding hydrogens is 220 g/mol. The van der Waals surface area contributed by atoms with E-state index in [1.807, 2.05) is 14.1 Å². The van der Waals surface area contributed by atoms with Crippen LogP contribution in [-0.4, -0.2) is 48.6 Å². The van der Waals surface area contributed by atoms with Crippen molar-refractivity contribution in [1.29, 1.82) is 0 Å². The third kappa shape index (κ3) is 4.73. The van der Waals surface area contributed by atoms with Gasteiger partial charge in [-0.15, -0.1) is 0 Å². The summed E-state index contributed by atoms with van der Waals surface area (Å²) in [6.07, 6.45) is 4.44. The first-order valence-electron chi connectivity index (χ1n) is 6.17. The summed E-state index contributed by atoms with van der Waals surface area (Å²) in [5.74, 6) is -1.31. The van der Waals surface area contributed by atoms with E-state index in [1.165, 1.54) is 0 Å². The molecule has 1 saturated carbocycles. The molecule has 0 spiro atoms. The van der Waals surface area contributed by atoms with Crippen LogP contribution < -0.4 is 5.32 Å². The van der Waals surface area contributed by atoms with Crippen LogP contribution in [0.4, 0.5) is 0 Å². The highest BCUT2D eigenvalue weighted by Gasteiger charge is 2.30. The average Bonchev–Trinajstić information content (AvgIpc) is 2.41. The predicted molar refractivity (Wildman–Crippen MR) is 64.7 cm³/mol. The van der Waals surface area contributed by atoms with Crippen molar-refractivity contribution in [2.75, 3.05) is 20.6 Å². The van der Waals surface area contributed by atoms with E-state index in [2.05, 4.69) is 5.32 Å². The number of carbonyl (C=O) groups is 2. The molecule has 98 valence electrons. The normalized spacial score (nSPS) is 25.4. The quantitative estimate of drug-likeness (QED) is 0.712. The van der Waals surface area contributed by atoms with Crippen LogP contribution in [0.25, 0.3) is 0 Å². The summed E-state index contributed by atoms with van der Waals surface area (Å²) in [6.45, 7) is 0.308. The van der Waals surface area contributed by atoms with E-state index in [0.29, 0.717) is 13.0 Å². The number of rotatable bonds is 4. The number of nitrogens with one attached hydrogen (secondary N) is 1. The van der Waals surface area contributed by atoms with Crippen molar-refractivity contribution in [3.05, 3.63) is 0 Å². The largest absolute Gasteiger partial charge is 0.481 e. The summed E-state index contributed by atoms with van der Waals surface area (Å²) in [4.78, 5) is 24.6. The molecule has 1 aliphatic carbocycles. The topological polar surface area (TPSA) is 69.6 Å². The molecule has 1 aliphatic rings. The highest BCUT2D eigenvalue weighted by molar-refractivity contribution is 5.79. The maximum Gasteiger partial charge on any atom is 0.308 e. The van der Waals surface area contributed by atoms with E-state index in [0.717, 1.165) is 25.7 Å². The fourth-order valence-electron chi connectivity index (χ4n) is 2.32. The second-order valence-electron chi connectivity index (χ2n) is 4.99. The van der Waals surface area contributed by atoms with Gasteiger partial charge in [-0.1, -0.05) is 19.3 Å². The lowest BCUT2D eigenvalue weighted by Gasteiger charge is -2.23. The molecule has 5 heteroatoms. The molecule has 0 aromatic heterocycles. The van der Waals surface area contributed by atoms with Crippen molar-refractivity contribution < 1.29 is 14.7 Å². The van der Waals surface area contributed by atoms with Gasteiger partial charge in [0.05, 0.1) is 12.5 Å². The monoisotopic (exact) mass is 242 g/mol. The minimum absolute atomic E-state index is 0.0897. The Bertz CT molecular complexity index is 279. The molecule has 2 atom stereocenters. The summed E-state index contributed by atoms with van der Waals surface area (Å²) < 4.78 is 0. The van der Waals surface area contributed by atoms with Crippen LogP contribution in [0.1, 0.15) is 32.1 Å². The number of hydrogen-bond acceptors (Lipinski definition) is 3. The molecule has 2 N–H and O–H groups in total. The van der Waals surface area contributed by atoms with E-state index >= 15 is 0 Å². The van der Waals surface area contributed by atoms with Gasteiger partial charge < -0.3 is 15.3 Å². The lowest BCUT2D eigenvalue weighted by Crippen LogP contribution is -2.45. The molecule has 0 aliphatic heterocycles. The molecule has 1 rings (SSSR count). The van der Waals surface area contributed by atoms with Crippen molar-refractivity contribution >= 4 is 11.9 Å². The van der Waals surface area contributed by atoms with Gasteiger partial charge in [0.25, 0.3) is 0 Å². The van der Waals surface area contributed by atoms with Gasteiger partial charge in [0, 0.05) is 6.04 Å². The van der Waals surface area contributed by atoms with Gasteiger partial charge in [-0.3, -0.25) is 9.59 Å². The first-order chi connectivity index (χ1) is 8.00. The molecule has 0 aromatic rings. The minimum Gasteiger partial charge on any atom is -0.481 e. The van der Waals surface area contributed by atoms with Crippen LogP contribution in [0.2, 0.25) is 0 Å². The van der Waals surface area contributed by atoms with Gasteiger partial charge in [0.1, 0.15) is 0 Å². The number of amides is 1. The fourth-order valence-corrected chi connectivity index (χ4v) is 2.32. The number of aliphatic carboxylic acids is 1. The predicted octanol–water partition coefficient (Wildman–Crippen LogP) is 0.698. The van der Waals surface area contributed by atoms with Gasteiger partial charge >= 0.3 is 5.97 Å². The highest BCUT2D eigenvalue weighted by atomic mass is 16.4. The molecule has 17 heavy (non-hydrogen) atoms. The van der Waals surface area contributed by atoms with E-state index in [4.69, 9.17) is 5.11 Å².